The first kappa shape index (κ1) is 12.8. The van der Waals surface area contributed by atoms with Gasteiger partial charge in [-0.2, -0.15) is 0 Å². The molecule has 0 amide bonds. The van der Waals surface area contributed by atoms with E-state index in [1.807, 2.05) is 22.9 Å². The Bertz CT molecular complexity index is 529. The Hall–Kier alpha value is -1.69. The molecule has 1 aromatic carbocycles. The smallest absolute Gasteiger partial charge is 0.203 e. The zero-order valence-corrected chi connectivity index (χ0v) is 11.9. The standard InChI is InChI=1S/C12H13BrN2O3/c1-16-9-6-8(15-5-4-14-12(15)13)7-10(17-2)11(9)18-3/h4-7H,1-3H3. The topological polar surface area (TPSA) is 45.5 Å². The molecular weight excluding hydrogens is 300 g/mol. The van der Waals surface area contributed by atoms with Gasteiger partial charge in [-0.3, -0.25) is 4.57 Å². The van der Waals surface area contributed by atoms with Crippen LogP contribution in [0.3, 0.4) is 0 Å². The van der Waals surface area contributed by atoms with Crippen molar-refractivity contribution in [1.82, 2.24) is 9.55 Å². The molecule has 0 aliphatic rings. The average Bonchev–Trinajstić information content (AvgIpc) is 2.83. The van der Waals surface area contributed by atoms with Gasteiger partial charge in [-0.05, 0) is 15.9 Å². The lowest BCUT2D eigenvalue weighted by Crippen LogP contribution is -1.99. The van der Waals surface area contributed by atoms with Crippen molar-refractivity contribution in [3.05, 3.63) is 29.3 Å². The summed E-state index contributed by atoms with van der Waals surface area (Å²) in [6, 6.07) is 3.71. The highest BCUT2D eigenvalue weighted by Gasteiger charge is 2.14. The second-order valence-electron chi connectivity index (χ2n) is 3.45. The van der Waals surface area contributed by atoms with Crippen molar-refractivity contribution in [1.29, 1.82) is 0 Å². The minimum absolute atomic E-state index is 0.569. The van der Waals surface area contributed by atoms with Gasteiger partial charge in [-0.15, -0.1) is 0 Å². The van der Waals surface area contributed by atoms with Gasteiger partial charge in [0.2, 0.25) is 5.75 Å². The highest BCUT2D eigenvalue weighted by Crippen LogP contribution is 2.39. The molecule has 2 aromatic rings. The largest absolute Gasteiger partial charge is 0.493 e. The van der Waals surface area contributed by atoms with E-state index in [0.717, 1.165) is 5.69 Å². The fraction of sp³-hybridized carbons (Fsp3) is 0.250. The van der Waals surface area contributed by atoms with E-state index in [0.29, 0.717) is 22.0 Å². The van der Waals surface area contributed by atoms with Crippen molar-refractivity contribution in [3.63, 3.8) is 0 Å². The summed E-state index contributed by atoms with van der Waals surface area (Å²) in [6.45, 7) is 0. The van der Waals surface area contributed by atoms with Gasteiger partial charge in [0.25, 0.3) is 0 Å². The third-order valence-electron chi connectivity index (χ3n) is 2.52. The Balaban J connectivity index is 2.60. The maximum absolute atomic E-state index is 5.30. The summed E-state index contributed by atoms with van der Waals surface area (Å²) >= 11 is 3.37. The van der Waals surface area contributed by atoms with E-state index < -0.39 is 0 Å². The quantitative estimate of drug-likeness (QED) is 0.870. The third kappa shape index (κ3) is 2.15. The molecule has 0 aliphatic carbocycles. The molecule has 0 spiro atoms. The van der Waals surface area contributed by atoms with Gasteiger partial charge < -0.3 is 14.2 Å². The SMILES string of the molecule is COc1cc(-n2ccnc2Br)cc(OC)c1OC. The summed E-state index contributed by atoms with van der Waals surface area (Å²) < 4.78 is 18.5. The summed E-state index contributed by atoms with van der Waals surface area (Å²) in [6.07, 6.45) is 3.54. The fourth-order valence-electron chi connectivity index (χ4n) is 1.68. The molecule has 0 saturated heterocycles. The summed E-state index contributed by atoms with van der Waals surface area (Å²) in [7, 11) is 4.75. The van der Waals surface area contributed by atoms with E-state index in [1.54, 1.807) is 27.5 Å². The summed E-state index contributed by atoms with van der Waals surface area (Å²) in [5, 5.41) is 0. The predicted octanol–water partition coefficient (Wildman–Crippen LogP) is 2.66. The molecule has 0 radical (unpaired) electrons. The van der Waals surface area contributed by atoms with Crippen LogP contribution in [0.2, 0.25) is 0 Å². The van der Waals surface area contributed by atoms with Crippen LogP contribution in [0.4, 0.5) is 0 Å². The normalized spacial score (nSPS) is 10.2. The predicted molar refractivity (Wildman–Crippen MR) is 70.9 cm³/mol. The molecule has 0 fully saturated rings. The molecule has 0 aliphatic heterocycles. The molecule has 6 heteroatoms. The molecule has 0 saturated carbocycles. The van der Waals surface area contributed by atoms with Gasteiger partial charge in [0, 0.05) is 24.5 Å². The second-order valence-corrected chi connectivity index (χ2v) is 4.16. The van der Waals surface area contributed by atoms with Crippen LogP contribution in [0.25, 0.3) is 5.69 Å². The zero-order chi connectivity index (χ0) is 13.1. The molecule has 2 rings (SSSR count). The number of rotatable bonds is 4. The molecule has 18 heavy (non-hydrogen) atoms. The number of halogens is 1. The lowest BCUT2D eigenvalue weighted by Gasteiger charge is -2.14. The van der Waals surface area contributed by atoms with Crippen LogP contribution in [-0.4, -0.2) is 30.9 Å². The number of hydrogen-bond donors (Lipinski definition) is 0. The van der Waals surface area contributed by atoms with E-state index >= 15 is 0 Å². The number of benzene rings is 1. The Labute approximate surface area is 113 Å². The maximum atomic E-state index is 5.30. The third-order valence-corrected chi connectivity index (χ3v) is 3.11. The molecule has 5 nitrogen and oxygen atoms in total. The van der Waals surface area contributed by atoms with Gasteiger partial charge in [0.05, 0.1) is 27.0 Å². The highest BCUT2D eigenvalue weighted by atomic mass is 79.9. The molecule has 0 unspecified atom stereocenters. The molecule has 96 valence electrons. The number of hydrogen-bond acceptors (Lipinski definition) is 4. The van der Waals surface area contributed by atoms with Crippen LogP contribution in [0.1, 0.15) is 0 Å². The van der Waals surface area contributed by atoms with Crippen molar-refractivity contribution in [2.75, 3.05) is 21.3 Å². The average molecular weight is 313 g/mol. The monoisotopic (exact) mass is 312 g/mol. The molecule has 1 heterocycles. The summed E-state index contributed by atoms with van der Waals surface area (Å²) in [4.78, 5) is 4.11. The van der Waals surface area contributed by atoms with Gasteiger partial charge in [-0.25, -0.2) is 4.98 Å². The first-order valence-corrected chi connectivity index (χ1v) is 5.99. The molecule has 1 aromatic heterocycles. The summed E-state index contributed by atoms with van der Waals surface area (Å²) in [5.41, 5.74) is 0.869. The van der Waals surface area contributed by atoms with E-state index in [2.05, 4.69) is 20.9 Å². The van der Waals surface area contributed by atoms with Gasteiger partial charge in [0.1, 0.15) is 0 Å². The number of aromatic nitrogens is 2. The first-order chi connectivity index (χ1) is 8.71. The lowest BCUT2D eigenvalue weighted by molar-refractivity contribution is 0.324. The number of ether oxygens (including phenoxy) is 3. The van der Waals surface area contributed by atoms with Crippen LogP contribution >= 0.6 is 15.9 Å². The maximum Gasteiger partial charge on any atom is 0.203 e. The van der Waals surface area contributed by atoms with Crippen molar-refractivity contribution in [2.45, 2.75) is 0 Å². The Morgan fingerprint density at radius 1 is 1.06 bits per heavy atom. The van der Waals surface area contributed by atoms with Crippen LogP contribution in [0, 0.1) is 0 Å². The molecular formula is C12H13BrN2O3. The molecule has 0 N–H and O–H groups in total. The van der Waals surface area contributed by atoms with Crippen LogP contribution in [0.5, 0.6) is 17.2 Å². The van der Waals surface area contributed by atoms with Crippen molar-refractivity contribution < 1.29 is 14.2 Å². The van der Waals surface area contributed by atoms with Crippen molar-refractivity contribution in [2.24, 2.45) is 0 Å². The fourth-order valence-corrected chi connectivity index (χ4v) is 2.13. The Morgan fingerprint density at radius 2 is 1.67 bits per heavy atom. The van der Waals surface area contributed by atoms with E-state index in [-0.39, 0.29) is 0 Å². The number of methoxy groups -OCH3 is 3. The van der Waals surface area contributed by atoms with Crippen LogP contribution < -0.4 is 14.2 Å². The Morgan fingerprint density at radius 3 is 2.06 bits per heavy atom. The Kier molecular flexibility index (Phi) is 3.76. The van der Waals surface area contributed by atoms with Crippen LogP contribution in [-0.2, 0) is 0 Å². The molecule has 0 bridgehead atoms. The highest BCUT2D eigenvalue weighted by molar-refractivity contribution is 9.10. The number of imidazole rings is 1. The molecule has 0 atom stereocenters. The van der Waals surface area contributed by atoms with E-state index in [4.69, 9.17) is 14.2 Å². The minimum Gasteiger partial charge on any atom is -0.493 e. The van der Waals surface area contributed by atoms with Gasteiger partial charge >= 0.3 is 0 Å². The lowest BCUT2D eigenvalue weighted by atomic mass is 10.2. The summed E-state index contributed by atoms with van der Waals surface area (Å²) in [5.74, 6) is 1.78. The van der Waals surface area contributed by atoms with Crippen molar-refractivity contribution >= 4 is 15.9 Å². The number of nitrogens with zero attached hydrogens (tertiary/aromatic N) is 2. The van der Waals surface area contributed by atoms with Crippen LogP contribution in [0.15, 0.2) is 29.3 Å². The van der Waals surface area contributed by atoms with Crippen molar-refractivity contribution in [3.8, 4) is 22.9 Å². The zero-order valence-electron chi connectivity index (χ0n) is 10.3. The van der Waals surface area contributed by atoms with Gasteiger partial charge in [0.15, 0.2) is 16.2 Å². The minimum atomic E-state index is 0.569. The van der Waals surface area contributed by atoms with Gasteiger partial charge in [-0.1, -0.05) is 0 Å². The van der Waals surface area contributed by atoms with E-state index in [9.17, 15) is 0 Å². The van der Waals surface area contributed by atoms with E-state index in [1.165, 1.54) is 0 Å². The second kappa shape index (κ2) is 5.30. The first-order valence-electron chi connectivity index (χ1n) is 5.20.